The van der Waals surface area contributed by atoms with E-state index in [2.05, 4.69) is 41.5 Å². The van der Waals surface area contributed by atoms with Gasteiger partial charge < -0.3 is 33.8 Å². The Morgan fingerprint density at radius 3 is 0.784 bits per heavy atom. The predicted octanol–water partition coefficient (Wildman–Crippen LogP) is 23.1. The van der Waals surface area contributed by atoms with Gasteiger partial charge in [-0.3, -0.25) is 37.3 Å². The standard InChI is InChI=1S/C78H152O17P2/c1-7-10-12-14-16-18-28-36-42-48-54-60-75(80)88-66-73(94-77(82)62-56-50-44-38-29-19-17-15-13-11-8-2)68-92-96(84,85)90-64-72(79)65-91-97(86,87)93-69-74(67-89-76(81)61-55-49-43-37-32-26-22-20-24-30-34-40-46-52-58-70(4)5)95-78(83)63-57-51-45-39-33-27-23-21-25-31-35-41-47-53-59-71(6)9-3/h70-74,79H,7-69H2,1-6H3,(H,84,85)(H,86,87)/t71?,72-,73+,74+/m0/s1. The van der Waals surface area contributed by atoms with Gasteiger partial charge in [0.1, 0.15) is 19.3 Å². The Morgan fingerprint density at radius 2 is 0.526 bits per heavy atom. The minimum Gasteiger partial charge on any atom is -0.462 e. The molecule has 0 heterocycles. The molecule has 0 spiro atoms. The molecule has 6 atom stereocenters. The van der Waals surface area contributed by atoms with Gasteiger partial charge in [-0.25, -0.2) is 9.13 Å². The molecule has 19 heteroatoms. The van der Waals surface area contributed by atoms with Crippen molar-refractivity contribution in [2.45, 2.75) is 426 Å². The second kappa shape index (κ2) is 69.8. The molecule has 576 valence electrons. The van der Waals surface area contributed by atoms with Gasteiger partial charge in [-0.1, -0.05) is 356 Å². The van der Waals surface area contributed by atoms with Crippen molar-refractivity contribution in [2.75, 3.05) is 39.6 Å². The number of esters is 4. The van der Waals surface area contributed by atoms with Gasteiger partial charge in [0.05, 0.1) is 26.4 Å². The summed E-state index contributed by atoms with van der Waals surface area (Å²) in [7, 11) is -9.91. The first-order chi connectivity index (χ1) is 46.9. The maximum atomic E-state index is 13.1. The van der Waals surface area contributed by atoms with E-state index in [1.165, 1.54) is 225 Å². The average Bonchev–Trinajstić information content (AvgIpc) is 1.92. The molecule has 0 radical (unpaired) electrons. The van der Waals surface area contributed by atoms with E-state index in [0.717, 1.165) is 102 Å². The molecular weight excluding hydrogens is 1270 g/mol. The van der Waals surface area contributed by atoms with Crippen molar-refractivity contribution in [1.82, 2.24) is 0 Å². The zero-order valence-electron chi connectivity index (χ0n) is 63.4. The highest BCUT2D eigenvalue weighted by Gasteiger charge is 2.30. The zero-order chi connectivity index (χ0) is 71.4. The maximum absolute atomic E-state index is 13.1. The number of hydrogen-bond donors (Lipinski definition) is 3. The van der Waals surface area contributed by atoms with Crippen LogP contribution in [-0.2, 0) is 65.4 Å². The summed E-state index contributed by atoms with van der Waals surface area (Å²) in [5.74, 6) is -0.466. The monoisotopic (exact) mass is 1420 g/mol. The van der Waals surface area contributed by atoms with E-state index in [4.69, 9.17) is 37.0 Å². The average molecular weight is 1420 g/mol. The second-order valence-electron chi connectivity index (χ2n) is 28.8. The summed E-state index contributed by atoms with van der Waals surface area (Å²) in [6.07, 6.45) is 58.0. The first-order valence-corrected chi connectivity index (χ1v) is 43.5. The molecule has 0 bridgehead atoms. The van der Waals surface area contributed by atoms with Crippen LogP contribution in [0.25, 0.3) is 0 Å². The van der Waals surface area contributed by atoms with Crippen molar-refractivity contribution in [2.24, 2.45) is 11.8 Å². The zero-order valence-corrected chi connectivity index (χ0v) is 65.2. The Morgan fingerprint density at radius 1 is 0.299 bits per heavy atom. The number of carbonyl (C=O) groups is 4. The molecule has 3 N–H and O–H groups in total. The normalized spacial score (nSPS) is 14.2. The largest absolute Gasteiger partial charge is 0.472 e. The minimum absolute atomic E-state index is 0.107. The van der Waals surface area contributed by atoms with Crippen LogP contribution in [0.5, 0.6) is 0 Å². The summed E-state index contributed by atoms with van der Waals surface area (Å²) in [5.41, 5.74) is 0. The Hall–Kier alpha value is -1.94. The lowest BCUT2D eigenvalue weighted by molar-refractivity contribution is -0.161. The van der Waals surface area contributed by atoms with Gasteiger partial charge in [0.15, 0.2) is 12.2 Å². The van der Waals surface area contributed by atoms with Gasteiger partial charge in [-0.15, -0.1) is 0 Å². The van der Waals surface area contributed by atoms with Crippen molar-refractivity contribution < 1.29 is 80.2 Å². The molecule has 3 unspecified atom stereocenters. The molecule has 0 rings (SSSR count). The summed E-state index contributed by atoms with van der Waals surface area (Å²) >= 11 is 0. The SMILES string of the molecule is CCCCCCCCCCCCCC(=O)OC[C@H](COP(=O)(O)OC[C@H](O)COP(=O)(O)OC[C@@H](COC(=O)CCCCCCCCCCCCCCCCC(C)C)OC(=O)CCCCCCCCCCCCCCCCC(C)CC)OC(=O)CCCCCCCCCCCCC. The number of carbonyl (C=O) groups excluding carboxylic acids is 4. The molecule has 0 amide bonds. The van der Waals surface area contributed by atoms with Crippen molar-refractivity contribution in [3.63, 3.8) is 0 Å². The van der Waals surface area contributed by atoms with Crippen molar-refractivity contribution in [3.8, 4) is 0 Å². The molecule has 0 aromatic carbocycles. The number of phosphoric ester groups is 2. The van der Waals surface area contributed by atoms with E-state index in [1.54, 1.807) is 0 Å². The molecule has 0 aliphatic rings. The molecular formula is C78H152O17P2. The third kappa shape index (κ3) is 70.9. The van der Waals surface area contributed by atoms with Gasteiger partial charge in [0.25, 0.3) is 0 Å². The van der Waals surface area contributed by atoms with Crippen LogP contribution in [0.2, 0.25) is 0 Å². The van der Waals surface area contributed by atoms with Gasteiger partial charge in [0.2, 0.25) is 0 Å². The fraction of sp³-hybridized carbons (Fsp3) is 0.949. The molecule has 0 fully saturated rings. The fourth-order valence-corrected chi connectivity index (χ4v) is 13.6. The van der Waals surface area contributed by atoms with E-state index in [9.17, 15) is 43.2 Å². The topological polar surface area (TPSA) is 237 Å². The highest BCUT2D eigenvalue weighted by atomic mass is 31.2. The van der Waals surface area contributed by atoms with Crippen LogP contribution in [0.4, 0.5) is 0 Å². The van der Waals surface area contributed by atoms with E-state index in [1.807, 2.05) is 0 Å². The first kappa shape index (κ1) is 95.1. The van der Waals surface area contributed by atoms with Gasteiger partial charge in [-0.2, -0.15) is 0 Å². The molecule has 0 aliphatic heterocycles. The Bertz CT molecular complexity index is 1870. The third-order valence-electron chi connectivity index (χ3n) is 18.6. The number of phosphoric acid groups is 2. The van der Waals surface area contributed by atoms with Crippen LogP contribution >= 0.6 is 15.6 Å². The molecule has 0 aliphatic carbocycles. The number of aliphatic hydroxyl groups is 1. The number of aliphatic hydroxyl groups excluding tert-OH is 1. The second-order valence-corrected chi connectivity index (χ2v) is 31.7. The Labute approximate surface area is 594 Å². The fourth-order valence-electron chi connectivity index (χ4n) is 12.0. The van der Waals surface area contributed by atoms with Gasteiger partial charge in [0, 0.05) is 25.7 Å². The molecule has 17 nitrogen and oxygen atoms in total. The van der Waals surface area contributed by atoms with Crippen molar-refractivity contribution in [1.29, 1.82) is 0 Å². The maximum Gasteiger partial charge on any atom is 0.472 e. The van der Waals surface area contributed by atoms with Crippen molar-refractivity contribution in [3.05, 3.63) is 0 Å². The number of unbranched alkanes of at least 4 members (excludes halogenated alkanes) is 46. The summed E-state index contributed by atoms with van der Waals surface area (Å²) in [5, 5.41) is 10.6. The van der Waals surface area contributed by atoms with Crippen LogP contribution in [0.1, 0.15) is 408 Å². The van der Waals surface area contributed by atoms with E-state index in [0.29, 0.717) is 25.7 Å². The smallest absolute Gasteiger partial charge is 0.462 e. The van der Waals surface area contributed by atoms with Crippen LogP contribution in [-0.4, -0.2) is 96.7 Å². The van der Waals surface area contributed by atoms with Crippen LogP contribution in [0, 0.1) is 11.8 Å². The molecule has 0 aromatic heterocycles. The Kier molecular flexibility index (Phi) is 68.4. The van der Waals surface area contributed by atoms with Gasteiger partial charge in [-0.05, 0) is 37.5 Å². The number of ether oxygens (including phenoxy) is 4. The van der Waals surface area contributed by atoms with Gasteiger partial charge >= 0.3 is 39.5 Å². The van der Waals surface area contributed by atoms with E-state index >= 15 is 0 Å². The quantitative estimate of drug-likeness (QED) is 0.0222. The summed E-state index contributed by atoms with van der Waals surface area (Å²) in [6, 6.07) is 0. The predicted molar refractivity (Wildman–Crippen MR) is 395 cm³/mol. The molecule has 97 heavy (non-hydrogen) atoms. The first-order valence-electron chi connectivity index (χ1n) is 40.5. The van der Waals surface area contributed by atoms with Crippen LogP contribution < -0.4 is 0 Å². The summed E-state index contributed by atoms with van der Waals surface area (Å²) in [4.78, 5) is 72.9. The van der Waals surface area contributed by atoms with Crippen LogP contribution in [0.15, 0.2) is 0 Å². The lowest BCUT2D eigenvalue weighted by Crippen LogP contribution is -2.30. The highest BCUT2D eigenvalue weighted by molar-refractivity contribution is 7.47. The number of hydrogen-bond acceptors (Lipinski definition) is 15. The lowest BCUT2D eigenvalue weighted by atomic mass is 9.99. The Balaban J connectivity index is 5.24. The van der Waals surface area contributed by atoms with Crippen molar-refractivity contribution >= 4 is 39.5 Å². The summed E-state index contributed by atoms with van der Waals surface area (Å²) in [6.45, 7) is 9.69. The lowest BCUT2D eigenvalue weighted by Gasteiger charge is -2.21. The minimum atomic E-state index is -4.96. The molecule has 0 aromatic rings. The van der Waals surface area contributed by atoms with Crippen LogP contribution in [0.3, 0.4) is 0 Å². The summed E-state index contributed by atoms with van der Waals surface area (Å²) < 4.78 is 68.6. The molecule has 0 saturated heterocycles. The van der Waals surface area contributed by atoms with E-state index < -0.39 is 97.5 Å². The highest BCUT2D eigenvalue weighted by Crippen LogP contribution is 2.45. The van der Waals surface area contributed by atoms with E-state index in [-0.39, 0.29) is 25.7 Å². The number of rotatable bonds is 77. The third-order valence-corrected chi connectivity index (χ3v) is 20.5. The molecule has 0 saturated carbocycles.